The molecule has 0 aliphatic carbocycles. The van der Waals surface area contributed by atoms with Crippen molar-refractivity contribution in [3.05, 3.63) is 30.3 Å². The van der Waals surface area contributed by atoms with Crippen LogP contribution >= 0.6 is 11.8 Å². The Hall–Kier alpha value is -2.60. The van der Waals surface area contributed by atoms with E-state index in [9.17, 15) is 4.79 Å². The van der Waals surface area contributed by atoms with Crippen LogP contribution < -0.4 is 20.4 Å². The van der Waals surface area contributed by atoms with E-state index in [1.54, 1.807) is 0 Å². The number of carbonyl (C=O) groups excluding carboxylic acids is 1. The summed E-state index contributed by atoms with van der Waals surface area (Å²) >= 11 is 1.51. The summed E-state index contributed by atoms with van der Waals surface area (Å²) in [5.74, 6) is 1.72. The fourth-order valence-electron chi connectivity index (χ4n) is 4.15. The summed E-state index contributed by atoms with van der Waals surface area (Å²) in [7, 11) is 0. The number of thioether (sulfide) groups is 1. The van der Waals surface area contributed by atoms with E-state index >= 15 is 0 Å². The molecule has 0 bridgehead atoms. The summed E-state index contributed by atoms with van der Waals surface area (Å²) in [6.45, 7) is 7.21. The first kappa shape index (κ1) is 25.5. The molecule has 10 nitrogen and oxygen atoms in total. The lowest BCUT2D eigenvalue weighted by atomic mass is 10.2. The minimum absolute atomic E-state index is 0.0953. The van der Waals surface area contributed by atoms with E-state index in [-0.39, 0.29) is 12.5 Å². The molecule has 3 heterocycles. The lowest BCUT2D eigenvalue weighted by molar-refractivity contribution is -0.130. The number of nitrogens with zero attached hydrogens (tertiary/aromatic N) is 5. The normalized spacial score (nSPS) is 16.5. The second kappa shape index (κ2) is 12.9. The SMILES string of the molecule is CSc1nc(Nc2ccc(N3CCOCC3)cc2)cc(N2CCN(C(=O)CNCCCO)CC2)n1. The van der Waals surface area contributed by atoms with E-state index in [0.29, 0.717) is 37.8 Å². The van der Waals surface area contributed by atoms with Gasteiger partial charge < -0.3 is 35.2 Å². The summed E-state index contributed by atoms with van der Waals surface area (Å²) in [5, 5.41) is 16.1. The van der Waals surface area contributed by atoms with Crippen molar-refractivity contribution in [2.45, 2.75) is 11.6 Å². The Bertz CT molecular complexity index is 949. The van der Waals surface area contributed by atoms with Crippen LogP contribution in [-0.4, -0.2) is 104 Å². The lowest BCUT2D eigenvalue weighted by Gasteiger charge is -2.35. The van der Waals surface area contributed by atoms with Crippen molar-refractivity contribution in [2.24, 2.45) is 0 Å². The van der Waals surface area contributed by atoms with Crippen LogP contribution in [0.15, 0.2) is 35.5 Å². The summed E-state index contributed by atoms with van der Waals surface area (Å²) in [5.41, 5.74) is 2.17. The van der Waals surface area contributed by atoms with E-state index in [2.05, 4.69) is 49.7 Å². The molecule has 2 saturated heterocycles. The summed E-state index contributed by atoms with van der Waals surface area (Å²) in [4.78, 5) is 28.2. The average Bonchev–Trinajstić information content (AvgIpc) is 2.92. The molecule has 2 aliphatic rings. The van der Waals surface area contributed by atoms with Gasteiger partial charge in [-0.05, 0) is 43.5 Å². The number of amides is 1. The number of rotatable bonds is 10. The highest BCUT2D eigenvalue weighted by Crippen LogP contribution is 2.25. The molecule has 2 fully saturated rings. The predicted octanol–water partition coefficient (Wildman–Crippen LogP) is 1.40. The fourth-order valence-corrected chi connectivity index (χ4v) is 4.53. The Morgan fingerprint density at radius 3 is 2.49 bits per heavy atom. The molecule has 0 saturated carbocycles. The fraction of sp³-hybridized carbons (Fsp3) is 0.542. The molecule has 1 amide bonds. The van der Waals surface area contributed by atoms with E-state index in [1.165, 1.54) is 17.4 Å². The average molecular weight is 502 g/mol. The summed E-state index contributed by atoms with van der Waals surface area (Å²) in [6, 6.07) is 10.4. The van der Waals surface area contributed by atoms with Crippen molar-refractivity contribution in [3.63, 3.8) is 0 Å². The first-order chi connectivity index (χ1) is 17.2. The molecule has 35 heavy (non-hydrogen) atoms. The number of hydrogen-bond donors (Lipinski definition) is 3. The summed E-state index contributed by atoms with van der Waals surface area (Å²) < 4.78 is 5.44. The second-order valence-electron chi connectivity index (χ2n) is 8.49. The molecule has 4 rings (SSSR count). The number of ether oxygens (including phenoxy) is 1. The van der Waals surface area contributed by atoms with Crippen molar-refractivity contribution in [2.75, 3.05) is 93.6 Å². The zero-order valence-corrected chi connectivity index (χ0v) is 21.1. The molecule has 0 unspecified atom stereocenters. The molecule has 2 aromatic rings. The monoisotopic (exact) mass is 501 g/mol. The number of aromatic nitrogens is 2. The van der Waals surface area contributed by atoms with E-state index in [4.69, 9.17) is 14.8 Å². The van der Waals surface area contributed by atoms with Gasteiger partial charge in [-0.3, -0.25) is 4.79 Å². The van der Waals surface area contributed by atoms with Gasteiger partial charge in [-0.15, -0.1) is 0 Å². The predicted molar refractivity (Wildman–Crippen MR) is 140 cm³/mol. The topological polar surface area (TPSA) is 106 Å². The first-order valence-electron chi connectivity index (χ1n) is 12.1. The van der Waals surface area contributed by atoms with Crippen LogP contribution in [0.1, 0.15) is 6.42 Å². The van der Waals surface area contributed by atoms with E-state index in [1.807, 2.05) is 17.2 Å². The van der Waals surface area contributed by atoms with Crippen LogP contribution in [0.3, 0.4) is 0 Å². The lowest BCUT2D eigenvalue weighted by Crippen LogP contribution is -2.51. The Balaban J connectivity index is 1.35. The highest BCUT2D eigenvalue weighted by Gasteiger charge is 2.22. The first-order valence-corrected chi connectivity index (χ1v) is 13.4. The van der Waals surface area contributed by atoms with Crippen LogP contribution in [0.5, 0.6) is 0 Å². The van der Waals surface area contributed by atoms with Crippen LogP contribution in [0, 0.1) is 0 Å². The molecule has 1 aromatic heterocycles. The second-order valence-corrected chi connectivity index (χ2v) is 9.26. The maximum atomic E-state index is 12.4. The van der Waals surface area contributed by atoms with Crippen LogP contribution in [0.25, 0.3) is 0 Å². The number of carbonyl (C=O) groups is 1. The standard InChI is InChI=1S/C24H35N7O3S/c1-35-24-27-21(26-19-3-5-20(6-4-19)29-12-15-34-16-13-29)17-22(28-24)30-8-10-31(11-9-30)23(33)18-25-7-2-14-32/h3-6,17,25,32H,2,7-16,18H2,1H3,(H,26,27,28). The largest absolute Gasteiger partial charge is 0.396 e. The Labute approximate surface area is 211 Å². The molecule has 0 radical (unpaired) electrons. The number of hydrogen-bond acceptors (Lipinski definition) is 10. The minimum atomic E-state index is 0.0953. The van der Waals surface area contributed by atoms with Gasteiger partial charge in [-0.2, -0.15) is 0 Å². The van der Waals surface area contributed by atoms with Gasteiger partial charge in [0.05, 0.1) is 19.8 Å². The number of piperazine rings is 1. The molecule has 1 aromatic carbocycles. The van der Waals surface area contributed by atoms with Crippen LogP contribution in [0.2, 0.25) is 0 Å². The minimum Gasteiger partial charge on any atom is -0.396 e. The van der Waals surface area contributed by atoms with Crippen molar-refractivity contribution in [1.29, 1.82) is 0 Å². The molecule has 0 spiro atoms. The van der Waals surface area contributed by atoms with Gasteiger partial charge in [0.1, 0.15) is 11.6 Å². The third-order valence-electron chi connectivity index (χ3n) is 6.13. The van der Waals surface area contributed by atoms with Gasteiger partial charge in [0.2, 0.25) is 5.91 Å². The number of morpholine rings is 1. The van der Waals surface area contributed by atoms with E-state index in [0.717, 1.165) is 56.7 Å². The van der Waals surface area contributed by atoms with Crippen molar-refractivity contribution < 1.29 is 14.6 Å². The summed E-state index contributed by atoms with van der Waals surface area (Å²) in [6.07, 6.45) is 2.63. The van der Waals surface area contributed by atoms with Gasteiger partial charge >= 0.3 is 0 Å². The Kier molecular flexibility index (Phi) is 9.41. The van der Waals surface area contributed by atoms with E-state index < -0.39 is 0 Å². The molecular weight excluding hydrogens is 466 g/mol. The quantitative estimate of drug-likeness (QED) is 0.251. The van der Waals surface area contributed by atoms with Gasteiger partial charge in [0.25, 0.3) is 0 Å². The molecule has 11 heteroatoms. The Morgan fingerprint density at radius 1 is 1.06 bits per heavy atom. The molecule has 190 valence electrons. The highest BCUT2D eigenvalue weighted by atomic mass is 32.2. The highest BCUT2D eigenvalue weighted by molar-refractivity contribution is 7.98. The zero-order chi connectivity index (χ0) is 24.5. The number of benzene rings is 1. The van der Waals surface area contributed by atoms with Crippen molar-refractivity contribution in [1.82, 2.24) is 20.2 Å². The van der Waals surface area contributed by atoms with Crippen LogP contribution in [0.4, 0.5) is 23.0 Å². The van der Waals surface area contributed by atoms with Gasteiger partial charge in [0, 0.05) is 63.3 Å². The Morgan fingerprint density at radius 2 is 1.80 bits per heavy atom. The van der Waals surface area contributed by atoms with Gasteiger partial charge in [-0.25, -0.2) is 9.97 Å². The van der Waals surface area contributed by atoms with Crippen LogP contribution in [-0.2, 0) is 9.53 Å². The van der Waals surface area contributed by atoms with Crippen molar-refractivity contribution >= 4 is 40.7 Å². The zero-order valence-electron chi connectivity index (χ0n) is 20.3. The third kappa shape index (κ3) is 7.20. The number of aliphatic hydroxyl groups is 1. The van der Waals surface area contributed by atoms with Crippen molar-refractivity contribution in [3.8, 4) is 0 Å². The maximum Gasteiger partial charge on any atom is 0.236 e. The maximum absolute atomic E-state index is 12.4. The molecule has 0 atom stereocenters. The molecule has 3 N–H and O–H groups in total. The molecular formula is C24H35N7O3S. The number of anilines is 4. The molecule has 2 aliphatic heterocycles. The number of nitrogens with one attached hydrogen (secondary N) is 2. The number of aliphatic hydroxyl groups excluding tert-OH is 1. The van der Waals surface area contributed by atoms with Gasteiger partial charge in [0.15, 0.2) is 5.16 Å². The third-order valence-corrected chi connectivity index (χ3v) is 6.68. The smallest absolute Gasteiger partial charge is 0.236 e. The van der Waals surface area contributed by atoms with Gasteiger partial charge in [-0.1, -0.05) is 11.8 Å².